The molecule has 7 nitrogen and oxygen atoms in total. The first-order chi connectivity index (χ1) is 13.8. The van der Waals surface area contributed by atoms with Crippen LogP contribution in [0.2, 0.25) is 18.1 Å². The molecule has 1 aliphatic rings. The third-order valence-electron chi connectivity index (χ3n) is 5.91. The van der Waals surface area contributed by atoms with E-state index in [0.29, 0.717) is 0 Å². The minimum absolute atomic E-state index is 0.129. The van der Waals surface area contributed by atoms with Gasteiger partial charge >= 0.3 is 5.97 Å². The van der Waals surface area contributed by atoms with Crippen molar-refractivity contribution >= 4 is 14.3 Å². The summed E-state index contributed by atoms with van der Waals surface area (Å²) in [5, 5.41) is 12.1. The fourth-order valence-corrected chi connectivity index (χ4v) is 4.39. The average Bonchev–Trinajstić information content (AvgIpc) is 2.99. The van der Waals surface area contributed by atoms with E-state index >= 15 is 0 Å². The Labute approximate surface area is 181 Å². The van der Waals surface area contributed by atoms with Crippen LogP contribution in [0.5, 0.6) is 0 Å². The smallest absolute Gasteiger partial charge is 0.335 e. The molecule has 1 fully saturated rings. The van der Waals surface area contributed by atoms with Crippen LogP contribution in [0.3, 0.4) is 0 Å². The molecule has 1 saturated heterocycles. The summed E-state index contributed by atoms with van der Waals surface area (Å²) in [7, 11) is -1.04. The Balaban J connectivity index is 2.40. The molecule has 3 atom stereocenters. The third-order valence-corrected chi connectivity index (χ3v) is 10.4. The van der Waals surface area contributed by atoms with Crippen molar-refractivity contribution in [3.8, 4) is 0 Å². The molecule has 0 bridgehead atoms. The highest BCUT2D eigenvalue weighted by Gasteiger charge is 2.50. The number of hydroxylamine groups is 2. The molecule has 170 valence electrons. The highest BCUT2D eigenvalue weighted by Crippen LogP contribution is 2.39. The highest BCUT2D eigenvalue weighted by molar-refractivity contribution is 6.74. The van der Waals surface area contributed by atoms with Gasteiger partial charge in [-0.3, -0.25) is 0 Å². The van der Waals surface area contributed by atoms with Crippen molar-refractivity contribution in [3.05, 3.63) is 35.9 Å². The molecule has 0 aliphatic carbocycles. The van der Waals surface area contributed by atoms with Crippen LogP contribution in [-0.2, 0) is 30.0 Å². The Hall–Kier alpha value is -1.29. The second kappa shape index (κ2) is 9.46. The van der Waals surface area contributed by atoms with E-state index in [9.17, 15) is 10.0 Å². The van der Waals surface area contributed by atoms with Gasteiger partial charge in [0.05, 0.1) is 19.8 Å². The van der Waals surface area contributed by atoms with Crippen LogP contribution in [0.15, 0.2) is 30.3 Å². The Kier molecular flexibility index (Phi) is 7.87. The molecule has 2 rings (SSSR count). The SMILES string of the molecule is COC(=O)[C@@H](O[Si](C)(C)C(C)(C)C)[C@H]([C@H]1COC(C)(C)O1)N(O)Cc1ccccc1. The van der Waals surface area contributed by atoms with E-state index in [1.807, 2.05) is 44.2 Å². The summed E-state index contributed by atoms with van der Waals surface area (Å²) in [6.45, 7) is 14.5. The van der Waals surface area contributed by atoms with Gasteiger partial charge in [0.25, 0.3) is 0 Å². The van der Waals surface area contributed by atoms with Gasteiger partial charge in [-0.05, 0) is 37.5 Å². The molecule has 1 heterocycles. The van der Waals surface area contributed by atoms with Crippen LogP contribution >= 0.6 is 0 Å². The molecular formula is C22H37NO6Si. The molecule has 8 heteroatoms. The second-order valence-electron chi connectivity index (χ2n) is 9.76. The van der Waals surface area contributed by atoms with Crippen LogP contribution < -0.4 is 0 Å². The van der Waals surface area contributed by atoms with E-state index in [1.165, 1.54) is 7.11 Å². The van der Waals surface area contributed by atoms with Gasteiger partial charge in [0.1, 0.15) is 6.10 Å². The molecule has 0 saturated carbocycles. The molecule has 30 heavy (non-hydrogen) atoms. The summed E-state index contributed by atoms with van der Waals surface area (Å²) in [4.78, 5) is 12.9. The molecule has 1 aromatic carbocycles. The van der Waals surface area contributed by atoms with Gasteiger partial charge in [0.15, 0.2) is 20.2 Å². The van der Waals surface area contributed by atoms with Crippen molar-refractivity contribution in [2.45, 2.75) is 83.3 Å². The fraction of sp³-hybridized carbons (Fsp3) is 0.682. The van der Waals surface area contributed by atoms with E-state index in [1.54, 1.807) is 0 Å². The van der Waals surface area contributed by atoms with Gasteiger partial charge in [-0.1, -0.05) is 51.1 Å². The number of esters is 1. The minimum atomic E-state index is -2.37. The molecule has 1 aromatic rings. The summed E-state index contributed by atoms with van der Waals surface area (Å²) in [6.07, 6.45) is -1.59. The summed E-state index contributed by atoms with van der Waals surface area (Å²) in [5.41, 5.74) is 0.902. The summed E-state index contributed by atoms with van der Waals surface area (Å²) < 4.78 is 23.4. The molecule has 1 N–H and O–H groups in total. The van der Waals surface area contributed by atoms with Gasteiger partial charge in [0.2, 0.25) is 0 Å². The lowest BCUT2D eigenvalue weighted by Gasteiger charge is -2.42. The van der Waals surface area contributed by atoms with Crippen molar-refractivity contribution in [3.63, 3.8) is 0 Å². The van der Waals surface area contributed by atoms with Crippen LogP contribution in [0.25, 0.3) is 0 Å². The summed E-state index contributed by atoms with van der Waals surface area (Å²) >= 11 is 0. The van der Waals surface area contributed by atoms with E-state index < -0.39 is 38.3 Å². The maximum Gasteiger partial charge on any atom is 0.335 e. The molecule has 0 aromatic heterocycles. The van der Waals surface area contributed by atoms with Crippen LogP contribution in [-0.4, -0.2) is 62.3 Å². The highest BCUT2D eigenvalue weighted by atomic mass is 28.4. The molecular weight excluding hydrogens is 402 g/mol. The quantitative estimate of drug-likeness (QED) is 0.373. The van der Waals surface area contributed by atoms with Crippen molar-refractivity contribution in [1.82, 2.24) is 5.06 Å². The predicted molar refractivity (Wildman–Crippen MR) is 117 cm³/mol. The molecule has 1 aliphatic heterocycles. The zero-order valence-corrected chi connectivity index (χ0v) is 20.5. The number of carbonyl (C=O) groups is 1. The Bertz CT molecular complexity index is 703. The number of hydrogen-bond donors (Lipinski definition) is 1. The number of nitrogens with zero attached hydrogens (tertiary/aromatic N) is 1. The zero-order valence-electron chi connectivity index (χ0n) is 19.5. The first-order valence-corrected chi connectivity index (χ1v) is 13.2. The van der Waals surface area contributed by atoms with Gasteiger partial charge < -0.3 is 23.8 Å². The van der Waals surface area contributed by atoms with E-state index in [2.05, 4.69) is 33.9 Å². The lowest BCUT2D eigenvalue weighted by atomic mass is 10.0. The number of methoxy groups -OCH3 is 1. The van der Waals surface area contributed by atoms with Gasteiger partial charge in [-0.15, -0.1) is 0 Å². The van der Waals surface area contributed by atoms with Crippen LogP contribution in [0.4, 0.5) is 0 Å². The molecule has 0 unspecified atom stereocenters. The zero-order chi connectivity index (χ0) is 22.7. The van der Waals surface area contributed by atoms with Crippen molar-refractivity contribution in [1.29, 1.82) is 0 Å². The largest absolute Gasteiger partial charge is 0.467 e. The lowest BCUT2D eigenvalue weighted by Crippen LogP contribution is -2.59. The number of ether oxygens (including phenoxy) is 3. The number of hydrogen-bond acceptors (Lipinski definition) is 7. The van der Waals surface area contributed by atoms with Crippen LogP contribution in [0, 0.1) is 0 Å². The molecule has 0 radical (unpaired) electrons. The topological polar surface area (TPSA) is 77.5 Å². The first-order valence-electron chi connectivity index (χ1n) is 10.3. The average molecular weight is 440 g/mol. The Morgan fingerprint density at radius 2 is 1.90 bits per heavy atom. The number of rotatable bonds is 8. The molecule has 0 amide bonds. The van der Waals surface area contributed by atoms with Gasteiger partial charge in [0, 0.05) is 6.54 Å². The van der Waals surface area contributed by atoms with Crippen LogP contribution in [0.1, 0.15) is 40.2 Å². The first kappa shape index (κ1) is 25.0. The third kappa shape index (κ3) is 6.12. The normalized spacial score (nSPS) is 21.5. The van der Waals surface area contributed by atoms with Crippen molar-refractivity contribution in [2.24, 2.45) is 0 Å². The standard InChI is InChI=1S/C22H37NO6Si/c1-21(2,3)30(7,8)29-19(20(24)26-6)18(17-15-27-22(4,5)28-17)23(25)14-16-12-10-9-11-13-16/h9-13,17-19,25H,14-15H2,1-8H3/t17-,18+,19+/m1/s1. The Morgan fingerprint density at radius 1 is 1.30 bits per heavy atom. The summed E-state index contributed by atoms with van der Waals surface area (Å²) in [6, 6.07) is 8.75. The van der Waals surface area contributed by atoms with Gasteiger partial charge in [-0.25, -0.2) is 4.79 Å². The summed E-state index contributed by atoms with van der Waals surface area (Å²) in [5.74, 6) is -1.35. The molecule has 0 spiro atoms. The second-order valence-corrected chi connectivity index (χ2v) is 14.5. The van der Waals surface area contributed by atoms with Crippen molar-refractivity contribution < 1.29 is 28.6 Å². The fourth-order valence-electron chi connectivity index (χ4n) is 3.17. The van der Waals surface area contributed by atoms with E-state index in [-0.39, 0.29) is 18.2 Å². The van der Waals surface area contributed by atoms with E-state index in [4.69, 9.17) is 18.6 Å². The number of carbonyl (C=O) groups excluding carboxylic acids is 1. The lowest BCUT2D eigenvalue weighted by molar-refractivity contribution is -0.213. The van der Waals surface area contributed by atoms with Crippen molar-refractivity contribution in [2.75, 3.05) is 13.7 Å². The van der Waals surface area contributed by atoms with Gasteiger partial charge in [-0.2, -0.15) is 5.06 Å². The maximum atomic E-state index is 12.9. The Morgan fingerprint density at radius 3 is 2.37 bits per heavy atom. The number of benzene rings is 1. The monoisotopic (exact) mass is 439 g/mol. The minimum Gasteiger partial charge on any atom is -0.467 e. The van der Waals surface area contributed by atoms with E-state index in [0.717, 1.165) is 10.6 Å². The maximum absolute atomic E-state index is 12.9. The predicted octanol–water partition coefficient (Wildman–Crippen LogP) is 3.96.